The van der Waals surface area contributed by atoms with Crippen molar-refractivity contribution in [1.29, 1.82) is 0 Å². The van der Waals surface area contributed by atoms with Crippen LogP contribution in [0.3, 0.4) is 0 Å². The Labute approximate surface area is 119 Å². The third-order valence-electron chi connectivity index (χ3n) is 3.62. The fourth-order valence-corrected chi connectivity index (χ4v) is 2.86. The summed E-state index contributed by atoms with van der Waals surface area (Å²) in [6.07, 6.45) is 3.95. The molecular weight excluding hydrogens is 256 g/mol. The molecule has 1 amide bonds. The van der Waals surface area contributed by atoms with Crippen LogP contribution in [0.5, 0.6) is 0 Å². The first kappa shape index (κ1) is 14.4. The second kappa shape index (κ2) is 6.96. The topological polar surface area (TPSA) is 41.1 Å². The fourth-order valence-electron chi connectivity index (χ4n) is 2.45. The quantitative estimate of drug-likeness (QED) is 0.831. The number of carbonyl (C=O) groups excluding carboxylic acids is 1. The molecule has 1 fully saturated rings. The first-order valence-electron chi connectivity index (χ1n) is 6.83. The molecule has 0 saturated carbocycles. The van der Waals surface area contributed by atoms with Gasteiger partial charge in [0, 0.05) is 23.4 Å². The summed E-state index contributed by atoms with van der Waals surface area (Å²) < 4.78 is 0. The Morgan fingerprint density at radius 2 is 2.16 bits per heavy atom. The molecule has 1 aliphatic heterocycles. The third kappa shape index (κ3) is 4.25. The van der Waals surface area contributed by atoms with Crippen LogP contribution >= 0.6 is 11.8 Å². The van der Waals surface area contributed by atoms with E-state index in [2.05, 4.69) is 48.1 Å². The second-order valence-electron chi connectivity index (χ2n) is 5.14. The van der Waals surface area contributed by atoms with E-state index in [0.717, 1.165) is 24.9 Å². The third-order valence-corrected chi connectivity index (χ3v) is 4.36. The smallest absolute Gasteiger partial charge is 0.223 e. The number of hydrogen-bond acceptors (Lipinski definition) is 3. The van der Waals surface area contributed by atoms with E-state index in [1.54, 1.807) is 11.8 Å². The number of piperidine rings is 1. The minimum atomic E-state index is 0.168. The van der Waals surface area contributed by atoms with Crippen molar-refractivity contribution in [2.45, 2.75) is 37.2 Å². The summed E-state index contributed by atoms with van der Waals surface area (Å²) in [5.74, 6) is 0.365. The number of hydrogen-bond donors (Lipinski definition) is 2. The van der Waals surface area contributed by atoms with E-state index in [0.29, 0.717) is 12.6 Å². The highest BCUT2D eigenvalue weighted by molar-refractivity contribution is 7.98. The molecule has 1 aromatic carbocycles. The lowest BCUT2D eigenvalue weighted by atomic mass is 9.92. The van der Waals surface area contributed by atoms with E-state index in [-0.39, 0.29) is 11.8 Å². The number of amides is 1. The second-order valence-corrected chi connectivity index (χ2v) is 6.02. The van der Waals surface area contributed by atoms with Crippen LogP contribution in [0.2, 0.25) is 0 Å². The highest BCUT2D eigenvalue weighted by atomic mass is 32.2. The van der Waals surface area contributed by atoms with Crippen LogP contribution in [0.15, 0.2) is 29.2 Å². The summed E-state index contributed by atoms with van der Waals surface area (Å²) in [6.45, 7) is 3.72. The SMILES string of the molecule is CSc1ccc(CNC(=O)[C@H]2CCN[C@@H](C)C2)cc1. The van der Waals surface area contributed by atoms with Crippen LogP contribution < -0.4 is 10.6 Å². The van der Waals surface area contributed by atoms with Gasteiger partial charge in [0.05, 0.1) is 0 Å². The molecule has 1 aliphatic rings. The largest absolute Gasteiger partial charge is 0.352 e. The molecular formula is C15H22N2OS. The molecule has 3 nitrogen and oxygen atoms in total. The van der Waals surface area contributed by atoms with Crippen molar-refractivity contribution in [2.75, 3.05) is 12.8 Å². The Balaban J connectivity index is 1.82. The standard InChI is InChI=1S/C15H22N2OS/c1-11-9-13(7-8-16-11)15(18)17-10-12-3-5-14(19-2)6-4-12/h3-6,11,13,16H,7-10H2,1-2H3,(H,17,18)/t11-,13-/m0/s1. The fraction of sp³-hybridized carbons (Fsp3) is 0.533. The van der Waals surface area contributed by atoms with Crippen LogP contribution in [0.25, 0.3) is 0 Å². The lowest BCUT2D eigenvalue weighted by molar-refractivity contribution is -0.126. The molecule has 0 bridgehead atoms. The Hall–Kier alpha value is -1.00. The molecule has 1 saturated heterocycles. The number of rotatable bonds is 4. The normalized spacial score (nSPS) is 23.1. The van der Waals surface area contributed by atoms with Crippen molar-refractivity contribution in [3.8, 4) is 0 Å². The molecule has 19 heavy (non-hydrogen) atoms. The maximum atomic E-state index is 12.1. The molecule has 0 unspecified atom stereocenters. The summed E-state index contributed by atoms with van der Waals surface area (Å²) in [5, 5.41) is 6.42. The average molecular weight is 278 g/mol. The predicted octanol–water partition coefficient (Wildman–Crippen LogP) is 2.41. The highest BCUT2D eigenvalue weighted by Gasteiger charge is 2.24. The van der Waals surface area contributed by atoms with Crippen molar-refractivity contribution < 1.29 is 4.79 Å². The molecule has 2 N–H and O–H groups in total. The Morgan fingerprint density at radius 1 is 1.42 bits per heavy atom. The van der Waals surface area contributed by atoms with Crippen molar-refractivity contribution in [1.82, 2.24) is 10.6 Å². The summed E-state index contributed by atoms with van der Waals surface area (Å²) in [6, 6.07) is 8.80. The van der Waals surface area contributed by atoms with Crippen molar-refractivity contribution in [3.05, 3.63) is 29.8 Å². The van der Waals surface area contributed by atoms with Gasteiger partial charge in [-0.1, -0.05) is 12.1 Å². The summed E-state index contributed by atoms with van der Waals surface area (Å²) in [4.78, 5) is 13.3. The van der Waals surface area contributed by atoms with Gasteiger partial charge in [-0.15, -0.1) is 11.8 Å². The van der Waals surface area contributed by atoms with Gasteiger partial charge in [-0.2, -0.15) is 0 Å². The van der Waals surface area contributed by atoms with Crippen molar-refractivity contribution in [2.24, 2.45) is 5.92 Å². The molecule has 1 heterocycles. The van der Waals surface area contributed by atoms with Gasteiger partial charge < -0.3 is 10.6 Å². The lowest BCUT2D eigenvalue weighted by Crippen LogP contribution is -2.42. The molecule has 0 spiro atoms. The van der Waals surface area contributed by atoms with E-state index in [4.69, 9.17) is 0 Å². The van der Waals surface area contributed by atoms with Gasteiger partial charge in [0.1, 0.15) is 0 Å². The van der Waals surface area contributed by atoms with Gasteiger partial charge in [-0.25, -0.2) is 0 Å². The average Bonchev–Trinajstić information content (AvgIpc) is 2.45. The number of benzene rings is 1. The maximum Gasteiger partial charge on any atom is 0.223 e. The molecule has 0 radical (unpaired) electrons. The molecule has 104 valence electrons. The molecule has 2 rings (SSSR count). The molecule has 1 aromatic rings. The Bertz CT molecular complexity index is 419. The first-order chi connectivity index (χ1) is 9.19. The minimum Gasteiger partial charge on any atom is -0.352 e. The summed E-state index contributed by atoms with van der Waals surface area (Å²) in [5.41, 5.74) is 1.16. The zero-order valence-electron chi connectivity index (χ0n) is 11.6. The first-order valence-corrected chi connectivity index (χ1v) is 8.05. The van der Waals surface area contributed by atoms with E-state index in [1.807, 2.05) is 0 Å². The van der Waals surface area contributed by atoms with Crippen molar-refractivity contribution >= 4 is 17.7 Å². The van der Waals surface area contributed by atoms with Gasteiger partial charge in [-0.05, 0) is 50.3 Å². The van der Waals surface area contributed by atoms with E-state index in [1.165, 1.54) is 4.90 Å². The van der Waals surface area contributed by atoms with Crippen molar-refractivity contribution in [3.63, 3.8) is 0 Å². The number of nitrogens with one attached hydrogen (secondary N) is 2. The van der Waals surface area contributed by atoms with Gasteiger partial charge in [0.2, 0.25) is 5.91 Å². The zero-order chi connectivity index (χ0) is 13.7. The van der Waals surface area contributed by atoms with Gasteiger partial charge >= 0.3 is 0 Å². The monoisotopic (exact) mass is 278 g/mol. The summed E-state index contributed by atoms with van der Waals surface area (Å²) in [7, 11) is 0. The van der Waals surface area contributed by atoms with Gasteiger partial charge in [0.15, 0.2) is 0 Å². The molecule has 0 aliphatic carbocycles. The van der Waals surface area contributed by atoms with Gasteiger partial charge in [0.25, 0.3) is 0 Å². The highest BCUT2D eigenvalue weighted by Crippen LogP contribution is 2.17. The van der Waals surface area contributed by atoms with Crippen LogP contribution in [-0.2, 0) is 11.3 Å². The Kier molecular flexibility index (Phi) is 5.28. The molecule has 4 heteroatoms. The maximum absolute atomic E-state index is 12.1. The van der Waals surface area contributed by atoms with E-state index < -0.39 is 0 Å². The Morgan fingerprint density at radius 3 is 2.79 bits per heavy atom. The number of thioether (sulfide) groups is 1. The number of carbonyl (C=O) groups is 1. The van der Waals surface area contributed by atoms with E-state index in [9.17, 15) is 4.79 Å². The lowest BCUT2D eigenvalue weighted by Gasteiger charge is -2.27. The van der Waals surface area contributed by atoms with Crippen LogP contribution in [0, 0.1) is 5.92 Å². The molecule has 2 atom stereocenters. The molecule has 0 aromatic heterocycles. The van der Waals surface area contributed by atoms with Crippen LogP contribution in [0.4, 0.5) is 0 Å². The predicted molar refractivity (Wildman–Crippen MR) is 80.3 cm³/mol. The van der Waals surface area contributed by atoms with Gasteiger partial charge in [-0.3, -0.25) is 4.79 Å². The summed E-state index contributed by atoms with van der Waals surface area (Å²) >= 11 is 1.73. The minimum absolute atomic E-state index is 0.168. The van der Waals surface area contributed by atoms with Crippen LogP contribution in [-0.4, -0.2) is 24.7 Å². The van der Waals surface area contributed by atoms with E-state index >= 15 is 0 Å². The van der Waals surface area contributed by atoms with Crippen LogP contribution in [0.1, 0.15) is 25.3 Å². The zero-order valence-corrected chi connectivity index (χ0v) is 12.4.